The van der Waals surface area contributed by atoms with Crippen molar-refractivity contribution in [2.45, 2.75) is 13.5 Å². The Morgan fingerprint density at radius 3 is 2.64 bits per heavy atom. The lowest BCUT2D eigenvalue weighted by atomic mass is 10.2. The zero-order valence-electron chi connectivity index (χ0n) is 13.6. The van der Waals surface area contributed by atoms with Crippen molar-refractivity contribution in [2.24, 2.45) is 0 Å². The summed E-state index contributed by atoms with van der Waals surface area (Å²) in [5.74, 6) is 0.595. The summed E-state index contributed by atoms with van der Waals surface area (Å²) in [6, 6.07) is 18.2. The Morgan fingerprint density at radius 2 is 1.84 bits per heavy atom. The van der Waals surface area contributed by atoms with Crippen LogP contribution >= 0.6 is 11.3 Å². The van der Waals surface area contributed by atoms with Crippen LogP contribution in [0.15, 0.2) is 60.0 Å². The molecule has 0 fully saturated rings. The van der Waals surface area contributed by atoms with Gasteiger partial charge in [-0.05, 0) is 29.5 Å². The van der Waals surface area contributed by atoms with E-state index >= 15 is 0 Å². The van der Waals surface area contributed by atoms with E-state index in [1.165, 1.54) is 5.56 Å². The van der Waals surface area contributed by atoms with Gasteiger partial charge < -0.3 is 5.32 Å². The molecule has 0 aliphatic rings. The quantitative estimate of drug-likeness (QED) is 0.595. The standard InChI is InChI=1S/C18H16N6S/c1-13-7-9-16(10-8-13)24-18(21-22-23-24)19-11-15-12-25-17(20-15)14-5-3-2-4-6-14/h2-10,12H,11H2,1H3,(H,19,21,23). The van der Waals surface area contributed by atoms with Gasteiger partial charge in [-0.25, -0.2) is 4.98 Å². The first kappa shape index (κ1) is 15.5. The van der Waals surface area contributed by atoms with Gasteiger partial charge in [0.15, 0.2) is 0 Å². The maximum Gasteiger partial charge on any atom is 0.248 e. The second-order valence-corrected chi connectivity index (χ2v) is 6.47. The molecule has 6 nitrogen and oxygen atoms in total. The highest BCUT2D eigenvalue weighted by molar-refractivity contribution is 7.13. The van der Waals surface area contributed by atoms with E-state index in [4.69, 9.17) is 0 Å². The van der Waals surface area contributed by atoms with Crippen molar-refractivity contribution >= 4 is 17.3 Å². The zero-order valence-corrected chi connectivity index (χ0v) is 14.4. The highest BCUT2D eigenvalue weighted by Gasteiger charge is 2.09. The largest absolute Gasteiger partial charge is 0.347 e. The van der Waals surface area contributed by atoms with Crippen LogP contribution in [-0.2, 0) is 6.54 Å². The van der Waals surface area contributed by atoms with Crippen molar-refractivity contribution in [1.82, 2.24) is 25.2 Å². The minimum Gasteiger partial charge on any atom is -0.347 e. The number of anilines is 1. The molecule has 0 unspecified atom stereocenters. The van der Waals surface area contributed by atoms with Crippen LogP contribution in [-0.4, -0.2) is 25.2 Å². The summed E-state index contributed by atoms with van der Waals surface area (Å²) in [4.78, 5) is 4.67. The fraction of sp³-hybridized carbons (Fsp3) is 0.111. The van der Waals surface area contributed by atoms with Crippen LogP contribution in [0.5, 0.6) is 0 Å². The van der Waals surface area contributed by atoms with Crippen LogP contribution in [0.1, 0.15) is 11.3 Å². The van der Waals surface area contributed by atoms with Gasteiger partial charge in [-0.2, -0.15) is 4.68 Å². The van der Waals surface area contributed by atoms with Crippen molar-refractivity contribution < 1.29 is 0 Å². The molecule has 0 bridgehead atoms. The Hall–Kier alpha value is -3.06. The van der Waals surface area contributed by atoms with Crippen LogP contribution in [0.2, 0.25) is 0 Å². The molecule has 2 heterocycles. The molecule has 7 heteroatoms. The van der Waals surface area contributed by atoms with E-state index in [0.29, 0.717) is 12.5 Å². The van der Waals surface area contributed by atoms with Gasteiger partial charge in [0, 0.05) is 10.9 Å². The molecule has 0 radical (unpaired) electrons. The number of tetrazole rings is 1. The molecule has 0 aliphatic heterocycles. The molecular weight excluding hydrogens is 332 g/mol. The van der Waals surface area contributed by atoms with Gasteiger partial charge in [0.1, 0.15) is 5.01 Å². The highest BCUT2D eigenvalue weighted by atomic mass is 32.1. The summed E-state index contributed by atoms with van der Waals surface area (Å²) in [6.45, 7) is 2.62. The summed E-state index contributed by atoms with van der Waals surface area (Å²) in [5.41, 5.74) is 4.20. The maximum absolute atomic E-state index is 4.67. The Labute approximate surface area is 149 Å². The van der Waals surface area contributed by atoms with Crippen molar-refractivity contribution in [1.29, 1.82) is 0 Å². The third-order valence-corrected chi connectivity index (χ3v) is 4.69. The van der Waals surface area contributed by atoms with Gasteiger partial charge in [0.05, 0.1) is 17.9 Å². The predicted octanol–water partition coefficient (Wildman–Crippen LogP) is 3.71. The number of aromatic nitrogens is 5. The number of aryl methyl sites for hydroxylation is 1. The van der Waals surface area contributed by atoms with Crippen LogP contribution in [0, 0.1) is 6.92 Å². The Kier molecular flexibility index (Phi) is 4.22. The zero-order chi connectivity index (χ0) is 17.1. The van der Waals surface area contributed by atoms with Gasteiger partial charge in [-0.3, -0.25) is 0 Å². The molecule has 4 aromatic rings. The van der Waals surface area contributed by atoms with Crippen molar-refractivity contribution in [3.8, 4) is 16.3 Å². The molecule has 124 valence electrons. The third kappa shape index (κ3) is 3.41. The van der Waals surface area contributed by atoms with Gasteiger partial charge in [-0.15, -0.1) is 11.3 Å². The summed E-state index contributed by atoms with van der Waals surface area (Å²) >= 11 is 1.63. The van der Waals surface area contributed by atoms with Crippen LogP contribution in [0.3, 0.4) is 0 Å². The SMILES string of the molecule is Cc1ccc(-n2nnnc2NCc2csc(-c3ccccc3)n2)cc1. The topological polar surface area (TPSA) is 68.5 Å². The average molecular weight is 348 g/mol. The van der Waals surface area contributed by atoms with Gasteiger partial charge in [0.2, 0.25) is 5.95 Å². The molecule has 4 rings (SSSR count). The first-order valence-electron chi connectivity index (χ1n) is 7.89. The lowest BCUT2D eigenvalue weighted by Crippen LogP contribution is -2.07. The summed E-state index contributed by atoms with van der Waals surface area (Å²) in [6.07, 6.45) is 0. The van der Waals surface area contributed by atoms with E-state index in [-0.39, 0.29) is 0 Å². The molecule has 0 aliphatic carbocycles. The highest BCUT2D eigenvalue weighted by Crippen LogP contribution is 2.23. The molecule has 0 saturated heterocycles. The number of thiazole rings is 1. The number of hydrogen-bond acceptors (Lipinski definition) is 6. The molecule has 0 atom stereocenters. The van der Waals surface area contributed by atoms with E-state index in [1.54, 1.807) is 16.0 Å². The predicted molar refractivity (Wildman–Crippen MR) is 98.8 cm³/mol. The molecule has 0 saturated carbocycles. The molecule has 25 heavy (non-hydrogen) atoms. The summed E-state index contributed by atoms with van der Waals surface area (Å²) in [5, 5.41) is 18.2. The number of benzene rings is 2. The second-order valence-electron chi connectivity index (χ2n) is 5.61. The monoisotopic (exact) mass is 348 g/mol. The smallest absolute Gasteiger partial charge is 0.248 e. The van der Waals surface area contributed by atoms with Crippen LogP contribution in [0.4, 0.5) is 5.95 Å². The van der Waals surface area contributed by atoms with Crippen LogP contribution < -0.4 is 5.32 Å². The summed E-state index contributed by atoms with van der Waals surface area (Å²) in [7, 11) is 0. The second kappa shape index (κ2) is 6.82. The molecular formula is C18H16N6S. The maximum atomic E-state index is 4.67. The van der Waals surface area contributed by atoms with E-state index in [2.05, 4.69) is 50.3 Å². The van der Waals surface area contributed by atoms with Gasteiger partial charge in [0.25, 0.3) is 0 Å². The molecule has 2 aromatic carbocycles. The van der Waals surface area contributed by atoms with E-state index < -0.39 is 0 Å². The molecule has 0 amide bonds. The summed E-state index contributed by atoms with van der Waals surface area (Å²) < 4.78 is 1.68. The van der Waals surface area contributed by atoms with Crippen molar-refractivity contribution in [3.05, 3.63) is 71.2 Å². The molecule has 0 spiro atoms. The van der Waals surface area contributed by atoms with Gasteiger partial charge in [-0.1, -0.05) is 53.1 Å². The van der Waals surface area contributed by atoms with Gasteiger partial charge >= 0.3 is 0 Å². The Balaban J connectivity index is 1.49. The van der Waals surface area contributed by atoms with E-state index in [1.807, 2.05) is 42.5 Å². The minimum absolute atomic E-state index is 0.565. The molecule has 1 N–H and O–H groups in total. The van der Waals surface area contributed by atoms with Crippen LogP contribution in [0.25, 0.3) is 16.3 Å². The van der Waals surface area contributed by atoms with E-state index in [9.17, 15) is 0 Å². The Bertz CT molecular complexity index is 959. The normalized spacial score (nSPS) is 10.8. The lowest BCUT2D eigenvalue weighted by Gasteiger charge is -2.06. The fourth-order valence-electron chi connectivity index (χ4n) is 2.43. The van der Waals surface area contributed by atoms with Crippen molar-refractivity contribution in [3.63, 3.8) is 0 Å². The lowest BCUT2D eigenvalue weighted by molar-refractivity contribution is 0.788. The number of nitrogens with one attached hydrogen (secondary N) is 1. The minimum atomic E-state index is 0.565. The van der Waals surface area contributed by atoms with Crippen molar-refractivity contribution in [2.75, 3.05) is 5.32 Å². The fourth-order valence-corrected chi connectivity index (χ4v) is 3.25. The number of nitrogens with zero attached hydrogens (tertiary/aromatic N) is 5. The first-order chi connectivity index (χ1) is 12.3. The third-order valence-electron chi connectivity index (χ3n) is 3.75. The number of hydrogen-bond donors (Lipinski definition) is 1. The van der Waals surface area contributed by atoms with E-state index in [0.717, 1.165) is 22.0 Å². The Morgan fingerprint density at radius 1 is 1.04 bits per heavy atom. The first-order valence-corrected chi connectivity index (χ1v) is 8.77. The average Bonchev–Trinajstić information content (AvgIpc) is 3.31. The number of rotatable bonds is 5. The molecule has 2 aromatic heterocycles.